The van der Waals surface area contributed by atoms with E-state index in [1.807, 2.05) is 6.07 Å². The number of aryl methyl sites for hydroxylation is 2. The van der Waals surface area contributed by atoms with Crippen molar-refractivity contribution in [2.75, 3.05) is 26.2 Å². The summed E-state index contributed by atoms with van der Waals surface area (Å²) in [6.45, 7) is 7.98. The van der Waals surface area contributed by atoms with Gasteiger partial charge in [0.15, 0.2) is 5.76 Å². The number of hydrogen-bond donors (Lipinski definition) is 1. The van der Waals surface area contributed by atoms with Crippen LogP contribution >= 0.6 is 0 Å². The van der Waals surface area contributed by atoms with Crippen LogP contribution in [0.1, 0.15) is 47.7 Å². The van der Waals surface area contributed by atoms with Crippen LogP contribution in [-0.4, -0.2) is 37.0 Å². The molecule has 1 amide bonds. The number of benzene rings is 1. The summed E-state index contributed by atoms with van der Waals surface area (Å²) in [5, 5.41) is 2.90. The Hall–Kier alpha value is -2.27. The molecule has 0 saturated heterocycles. The Morgan fingerprint density at radius 2 is 1.96 bits per heavy atom. The third kappa shape index (κ3) is 4.67. The van der Waals surface area contributed by atoms with E-state index in [-0.39, 0.29) is 5.91 Å². The molecule has 0 radical (unpaired) electrons. The number of nitrogens with one attached hydrogen (secondary N) is 1. The van der Waals surface area contributed by atoms with E-state index in [4.69, 9.17) is 9.15 Å². The lowest BCUT2D eigenvalue weighted by Gasteiger charge is -2.17. The zero-order chi connectivity index (χ0) is 18.4. The summed E-state index contributed by atoms with van der Waals surface area (Å²) in [5.41, 5.74) is 2.81. The van der Waals surface area contributed by atoms with E-state index in [1.165, 1.54) is 24.0 Å². The van der Waals surface area contributed by atoms with E-state index in [0.29, 0.717) is 24.7 Å². The van der Waals surface area contributed by atoms with Crippen LogP contribution in [0.15, 0.2) is 34.7 Å². The van der Waals surface area contributed by atoms with E-state index in [0.717, 1.165) is 31.8 Å². The van der Waals surface area contributed by atoms with Crippen molar-refractivity contribution in [2.45, 2.75) is 39.7 Å². The second-order valence-electron chi connectivity index (χ2n) is 6.62. The number of ether oxygens (including phenoxy) is 1. The zero-order valence-electron chi connectivity index (χ0n) is 15.7. The predicted octanol–water partition coefficient (Wildman–Crippen LogP) is 3.42. The Bertz CT molecular complexity index is 735. The van der Waals surface area contributed by atoms with Crippen molar-refractivity contribution >= 4 is 5.91 Å². The van der Waals surface area contributed by atoms with Crippen LogP contribution in [-0.2, 0) is 19.4 Å². The molecule has 1 aliphatic carbocycles. The van der Waals surface area contributed by atoms with Crippen LogP contribution in [0.4, 0.5) is 0 Å². The summed E-state index contributed by atoms with van der Waals surface area (Å²) in [6, 6.07) is 9.77. The summed E-state index contributed by atoms with van der Waals surface area (Å²) in [7, 11) is 0. The molecule has 1 aromatic carbocycles. The lowest BCUT2D eigenvalue weighted by atomic mass is 10.1. The van der Waals surface area contributed by atoms with E-state index < -0.39 is 0 Å². The Morgan fingerprint density at radius 1 is 1.15 bits per heavy atom. The molecule has 0 spiro atoms. The first-order valence-electron chi connectivity index (χ1n) is 9.53. The van der Waals surface area contributed by atoms with Crippen molar-refractivity contribution in [3.63, 3.8) is 0 Å². The van der Waals surface area contributed by atoms with Crippen LogP contribution in [0.3, 0.4) is 0 Å². The summed E-state index contributed by atoms with van der Waals surface area (Å²) < 4.78 is 11.4. The summed E-state index contributed by atoms with van der Waals surface area (Å²) >= 11 is 0. The quantitative estimate of drug-likeness (QED) is 0.748. The van der Waals surface area contributed by atoms with Crippen molar-refractivity contribution in [1.82, 2.24) is 10.2 Å². The zero-order valence-corrected chi connectivity index (χ0v) is 15.7. The van der Waals surface area contributed by atoms with Crippen LogP contribution in [0.25, 0.3) is 0 Å². The van der Waals surface area contributed by atoms with Crippen LogP contribution in [0.5, 0.6) is 5.75 Å². The fraction of sp³-hybridized carbons (Fsp3) is 0.476. The van der Waals surface area contributed by atoms with E-state index >= 15 is 0 Å². The highest BCUT2D eigenvalue weighted by atomic mass is 16.5. The number of rotatable bonds is 9. The fourth-order valence-electron chi connectivity index (χ4n) is 3.32. The fourth-order valence-corrected chi connectivity index (χ4v) is 3.32. The highest BCUT2D eigenvalue weighted by Crippen LogP contribution is 2.26. The third-order valence-corrected chi connectivity index (χ3v) is 4.94. The number of fused-ring (bicyclic) bond motifs is 1. The third-order valence-electron chi connectivity index (χ3n) is 4.94. The van der Waals surface area contributed by atoms with Gasteiger partial charge >= 0.3 is 0 Å². The number of amides is 1. The summed E-state index contributed by atoms with van der Waals surface area (Å²) in [4.78, 5) is 14.4. The maximum Gasteiger partial charge on any atom is 0.287 e. The molecule has 140 valence electrons. The SMILES string of the molecule is CCN(CC)CCNC(=O)c1ccc(COc2ccc3c(c2)CCC3)o1. The van der Waals surface area contributed by atoms with Gasteiger partial charge in [-0.25, -0.2) is 0 Å². The van der Waals surface area contributed by atoms with Crippen molar-refractivity contribution < 1.29 is 13.9 Å². The van der Waals surface area contributed by atoms with Gasteiger partial charge in [0, 0.05) is 13.1 Å². The van der Waals surface area contributed by atoms with E-state index in [1.54, 1.807) is 12.1 Å². The Labute approximate surface area is 155 Å². The predicted molar refractivity (Wildman–Crippen MR) is 102 cm³/mol. The minimum atomic E-state index is -0.180. The van der Waals surface area contributed by atoms with Gasteiger partial charge in [0.05, 0.1) is 0 Å². The minimum Gasteiger partial charge on any atom is -0.486 e. The Kier molecular flexibility index (Phi) is 6.34. The number of carbonyl (C=O) groups is 1. The molecule has 1 aliphatic rings. The van der Waals surface area contributed by atoms with Gasteiger partial charge < -0.3 is 19.4 Å². The molecule has 3 rings (SSSR count). The largest absolute Gasteiger partial charge is 0.486 e. The molecule has 2 aromatic rings. The van der Waals surface area contributed by atoms with Gasteiger partial charge in [-0.2, -0.15) is 0 Å². The standard InChI is InChI=1S/C21H28N2O3/c1-3-23(4-2)13-12-22-21(24)20-11-10-19(26-20)15-25-18-9-8-16-6-5-7-17(16)14-18/h8-11,14H,3-7,12-13,15H2,1-2H3,(H,22,24). The normalized spacial score (nSPS) is 13.0. The van der Waals surface area contributed by atoms with Gasteiger partial charge in [-0.1, -0.05) is 19.9 Å². The smallest absolute Gasteiger partial charge is 0.287 e. The first-order chi connectivity index (χ1) is 12.7. The van der Waals surface area contributed by atoms with Gasteiger partial charge in [-0.3, -0.25) is 4.79 Å². The lowest BCUT2D eigenvalue weighted by molar-refractivity contribution is 0.0917. The number of carbonyl (C=O) groups excluding carboxylic acids is 1. The van der Waals surface area contributed by atoms with E-state index in [2.05, 4.69) is 36.2 Å². The second kappa shape index (κ2) is 8.90. The van der Waals surface area contributed by atoms with Crippen LogP contribution in [0, 0.1) is 0 Å². The molecule has 26 heavy (non-hydrogen) atoms. The highest BCUT2D eigenvalue weighted by molar-refractivity contribution is 5.91. The topological polar surface area (TPSA) is 54.7 Å². The van der Waals surface area contributed by atoms with Gasteiger partial charge in [0.2, 0.25) is 0 Å². The number of hydrogen-bond acceptors (Lipinski definition) is 4. The second-order valence-corrected chi connectivity index (χ2v) is 6.62. The molecule has 5 nitrogen and oxygen atoms in total. The van der Waals surface area contributed by atoms with Gasteiger partial charge in [-0.15, -0.1) is 0 Å². The molecule has 0 bridgehead atoms. The monoisotopic (exact) mass is 356 g/mol. The maximum atomic E-state index is 12.2. The van der Waals surface area contributed by atoms with Crippen molar-refractivity contribution in [2.24, 2.45) is 0 Å². The molecular formula is C21H28N2O3. The molecular weight excluding hydrogens is 328 g/mol. The summed E-state index contributed by atoms with van der Waals surface area (Å²) in [6.07, 6.45) is 3.52. The van der Waals surface area contributed by atoms with Gasteiger partial charge in [0.1, 0.15) is 18.1 Å². The molecule has 0 atom stereocenters. The molecule has 1 aromatic heterocycles. The molecule has 0 saturated carbocycles. The van der Waals surface area contributed by atoms with Crippen LogP contribution in [0.2, 0.25) is 0 Å². The lowest BCUT2D eigenvalue weighted by Crippen LogP contribution is -2.34. The molecule has 0 aliphatic heterocycles. The Morgan fingerprint density at radius 3 is 2.77 bits per heavy atom. The van der Waals surface area contributed by atoms with Crippen molar-refractivity contribution in [1.29, 1.82) is 0 Å². The highest BCUT2D eigenvalue weighted by Gasteiger charge is 2.13. The minimum absolute atomic E-state index is 0.180. The molecule has 0 fully saturated rings. The average Bonchev–Trinajstić information content (AvgIpc) is 3.32. The van der Waals surface area contributed by atoms with Gasteiger partial charge in [-0.05, 0) is 67.7 Å². The maximum absolute atomic E-state index is 12.2. The molecule has 0 unspecified atom stereocenters. The first kappa shape index (κ1) is 18.5. The van der Waals surface area contributed by atoms with E-state index in [9.17, 15) is 4.79 Å². The molecule has 5 heteroatoms. The Balaban J connectivity index is 1.47. The number of furan rings is 1. The van der Waals surface area contributed by atoms with Crippen LogP contribution < -0.4 is 10.1 Å². The first-order valence-corrected chi connectivity index (χ1v) is 9.53. The molecule has 1 N–H and O–H groups in total. The summed E-state index contributed by atoms with van der Waals surface area (Å²) in [5.74, 6) is 1.66. The average molecular weight is 356 g/mol. The number of likely N-dealkylation sites (N-methyl/N-ethyl adjacent to an activating group) is 1. The van der Waals surface area contributed by atoms with Crippen molar-refractivity contribution in [3.8, 4) is 5.75 Å². The van der Waals surface area contributed by atoms with Gasteiger partial charge in [0.25, 0.3) is 5.91 Å². The number of nitrogens with zero attached hydrogens (tertiary/aromatic N) is 1. The molecule has 1 heterocycles. The van der Waals surface area contributed by atoms with Crippen molar-refractivity contribution in [3.05, 3.63) is 53.0 Å².